The van der Waals surface area contributed by atoms with Gasteiger partial charge in [-0.05, 0) is 56.9 Å². The van der Waals surface area contributed by atoms with E-state index < -0.39 is 5.60 Å². The van der Waals surface area contributed by atoms with Crippen molar-refractivity contribution < 1.29 is 9.53 Å². The van der Waals surface area contributed by atoms with E-state index in [0.29, 0.717) is 12.5 Å². The molecule has 4 heteroatoms. The number of ether oxygens (including phenoxy) is 1. The molecule has 1 aliphatic rings. The fourth-order valence-corrected chi connectivity index (χ4v) is 2.44. The maximum absolute atomic E-state index is 11.6. The standard InChI is InChI=1S/C15H22N2O2/c1-15(2,3)19-14(18)17-9-11-5-4-10-6-7-12(16)8-13(10)11/h6-8,11H,4-5,9,16H2,1-3H3,(H,17,18). The molecule has 0 spiro atoms. The molecule has 1 aromatic carbocycles. The van der Waals surface area contributed by atoms with Crippen molar-refractivity contribution in [2.75, 3.05) is 12.3 Å². The number of carbonyl (C=O) groups excluding carboxylic acids is 1. The van der Waals surface area contributed by atoms with Crippen molar-refractivity contribution in [2.24, 2.45) is 0 Å². The summed E-state index contributed by atoms with van der Waals surface area (Å²) >= 11 is 0. The number of fused-ring (bicyclic) bond motifs is 1. The van der Waals surface area contributed by atoms with Crippen LogP contribution in [0.5, 0.6) is 0 Å². The summed E-state index contributed by atoms with van der Waals surface area (Å²) in [7, 11) is 0. The average Bonchev–Trinajstić information content (AvgIpc) is 2.66. The lowest BCUT2D eigenvalue weighted by Gasteiger charge is -2.21. The summed E-state index contributed by atoms with van der Waals surface area (Å²) in [6.07, 6.45) is 1.75. The first-order valence-electron chi connectivity index (χ1n) is 6.70. The second-order valence-electron chi connectivity index (χ2n) is 6.08. The molecule has 0 bridgehead atoms. The van der Waals surface area contributed by atoms with Gasteiger partial charge in [0.1, 0.15) is 5.60 Å². The van der Waals surface area contributed by atoms with E-state index in [4.69, 9.17) is 10.5 Å². The van der Waals surface area contributed by atoms with Crippen LogP contribution in [0.4, 0.5) is 10.5 Å². The van der Waals surface area contributed by atoms with E-state index >= 15 is 0 Å². The molecular weight excluding hydrogens is 240 g/mol. The molecule has 1 unspecified atom stereocenters. The lowest BCUT2D eigenvalue weighted by molar-refractivity contribution is 0.0524. The molecule has 1 amide bonds. The topological polar surface area (TPSA) is 64.3 Å². The van der Waals surface area contributed by atoms with E-state index in [1.165, 1.54) is 11.1 Å². The van der Waals surface area contributed by atoms with E-state index in [1.54, 1.807) is 0 Å². The van der Waals surface area contributed by atoms with Crippen LogP contribution in [0.1, 0.15) is 44.2 Å². The van der Waals surface area contributed by atoms with Crippen LogP contribution in [0.3, 0.4) is 0 Å². The number of amides is 1. The second-order valence-corrected chi connectivity index (χ2v) is 6.08. The number of anilines is 1. The van der Waals surface area contributed by atoms with E-state index in [9.17, 15) is 4.79 Å². The zero-order valence-corrected chi connectivity index (χ0v) is 11.8. The minimum Gasteiger partial charge on any atom is -0.444 e. The molecule has 1 aromatic rings. The molecular formula is C15H22N2O2. The quantitative estimate of drug-likeness (QED) is 0.805. The number of carbonyl (C=O) groups is 1. The van der Waals surface area contributed by atoms with Gasteiger partial charge in [0.05, 0.1) is 0 Å². The molecule has 0 aliphatic heterocycles. The van der Waals surface area contributed by atoms with E-state index in [2.05, 4.69) is 11.4 Å². The van der Waals surface area contributed by atoms with Gasteiger partial charge in [-0.25, -0.2) is 4.79 Å². The maximum Gasteiger partial charge on any atom is 0.407 e. The second kappa shape index (κ2) is 5.11. The number of rotatable bonds is 2. The summed E-state index contributed by atoms with van der Waals surface area (Å²) in [6.45, 7) is 6.18. The first-order valence-corrected chi connectivity index (χ1v) is 6.70. The number of hydrogen-bond acceptors (Lipinski definition) is 3. The number of benzene rings is 1. The molecule has 0 heterocycles. The first kappa shape index (κ1) is 13.7. The Hall–Kier alpha value is -1.71. The Morgan fingerprint density at radius 3 is 2.89 bits per heavy atom. The number of nitrogens with one attached hydrogen (secondary N) is 1. The van der Waals surface area contributed by atoms with E-state index in [1.807, 2.05) is 32.9 Å². The van der Waals surface area contributed by atoms with Crippen LogP contribution in [-0.2, 0) is 11.2 Å². The molecule has 2 rings (SSSR count). The van der Waals surface area contributed by atoms with Gasteiger partial charge in [-0.2, -0.15) is 0 Å². The van der Waals surface area contributed by atoms with Crippen molar-refractivity contribution >= 4 is 11.8 Å². The molecule has 0 radical (unpaired) electrons. The number of nitrogens with two attached hydrogens (primary N) is 1. The number of hydrogen-bond donors (Lipinski definition) is 2. The maximum atomic E-state index is 11.6. The normalized spacial score (nSPS) is 17.9. The van der Waals surface area contributed by atoms with Crippen molar-refractivity contribution in [2.45, 2.75) is 45.1 Å². The smallest absolute Gasteiger partial charge is 0.407 e. The van der Waals surface area contributed by atoms with Gasteiger partial charge >= 0.3 is 6.09 Å². The van der Waals surface area contributed by atoms with Crippen LogP contribution >= 0.6 is 0 Å². The number of nitrogen functional groups attached to an aromatic ring is 1. The fraction of sp³-hybridized carbons (Fsp3) is 0.533. The Morgan fingerprint density at radius 1 is 1.47 bits per heavy atom. The summed E-state index contributed by atoms with van der Waals surface area (Å²) in [5.74, 6) is 0.339. The number of alkyl carbamates (subject to hydrolysis) is 1. The Kier molecular flexibility index (Phi) is 3.69. The highest BCUT2D eigenvalue weighted by Gasteiger charge is 2.24. The summed E-state index contributed by atoms with van der Waals surface area (Å²) in [6, 6.07) is 6.03. The summed E-state index contributed by atoms with van der Waals surface area (Å²) in [5, 5.41) is 2.84. The highest BCUT2D eigenvalue weighted by molar-refractivity contribution is 5.67. The summed E-state index contributed by atoms with van der Waals surface area (Å²) in [5.41, 5.74) is 8.74. The molecule has 1 aliphatic carbocycles. The number of aryl methyl sites for hydroxylation is 1. The van der Waals surface area contributed by atoms with Crippen molar-refractivity contribution in [3.63, 3.8) is 0 Å². The third kappa shape index (κ3) is 3.63. The van der Waals surface area contributed by atoms with Crippen molar-refractivity contribution in [3.8, 4) is 0 Å². The Balaban J connectivity index is 1.93. The molecule has 1 atom stereocenters. The van der Waals surface area contributed by atoms with Crippen molar-refractivity contribution in [1.82, 2.24) is 5.32 Å². The third-order valence-corrected chi connectivity index (χ3v) is 3.26. The Labute approximate surface area is 114 Å². The fourth-order valence-electron chi connectivity index (χ4n) is 2.44. The van der Waals surface area contributed by atoms with Gasteiger partial charge in [-0.3, -0.25) is 0 Å². The minimum absolute atomic E-state index is 0.339. The van der Waals surface area contributed by atoms with Gasteiger partial charge in [0.2, 0.25) is 0 Å². The predicted octanol–water partition coefficient (Wildman–Crippen LogP) is 2.82. The van der Waals surface area contributed by atoms with Gasteiger partial charge in [-0.15, -0.1) is 0 Å². The Morgan fingerprint density at radius 2 is 2.21 bits per heavy atom. The zero-order valence-electron chi connectivity index (χ0n) is 11.8. The monoisotopic (exact) mass is 262 g/mol. The molecule has 3 N–H and O–H groups in total. The first-order chi connectivity index (χ1) is 8.85. The lowest BCUT2D eigenvalue weighted by Crippen LogP contribution is -2.34. The van der Waals surface area contributed by atoms with Gasteiger partial charge in [0, 0.05) is 18.2 Å². The SMILES string of the molecule is CC(C)(C)OC(=O)NCC1CCc2ccc(N)cc21. The van der Waals surface area contributed by atoms with Gasteiger partial charge in [-0.1, -0.05) is 6.07 Å². The van der Waals surface area contributed by atoms with Crippen LogP contribution in [0.2, 0.25) is 0 Å². The van der Waals surface area contributed by atoms with Crippen LogP contribution < -0.4 is 11.1 Å². The summed E-state index contributed by atoms with van der Waals surface area (Å²) < 4.78 is 5.23. The lowest BCUT2D eigenvalue weighted by atomic mass is 10.0. The van der Waals surface area contributed by atoms with Crippen molar-refractivity contribution in [3.05, 3.63) is 29.3 Å². The molecule has 0 saturated carbocycles. The predicted molar refractivity (Wildman–Crippen MR) is 76.2 cm³/mol. The van der Waals surface area contributed by atoms with Crippen LogP contribution in [-0.4, -0.2) is 18.2 Å². The Bertz CT molecular complexity index is 478. The van der Waals surface area contributed by atoms with Gasteiger partial charge < -0.3 is 15.8 Å². The average molecular weight is 262 g/mol. The van der Waals surface area contributed by atoms with Crippen LogP contribution in [0, 0.1) is 0 Å². The highest BCUT2D eigenvalue weighted by Crippen LogP contribution is 2.33. The zero-order chi connectivity index (χ0) is 14.0. The van der Waals surface area contributed by atoms with Crippen molar-refractivity contribution in [1.29, 1.82) is 0 Å². The largest absolute Gasteiger partial charge is 0.444 e. The van der Waals surface area contributed by atoms with Gasteiger partial charge in [0.15, 0.2) is 0 Å². The highest BCUT2D eigenvalue weighted by atomic mass is 16.6. The van der Waals surface area contributed by atoms with Gasteiger partial charge in [0.25, 0.3) is 0 Å². The molecule has 104 valence electrons. The molecule has 0 saturated heterocycles. The molecule has 19 heavy (non-hydrogen) atoms. The van der Waals surface area contributed by atoms with E-state index in [0.717, 1.165) is 18.5 Å². The third-order valence-electron chi connectivity index (χ3n) is 3.26. The molecule has 0 aromatic heterocycles. The van der Waals surface area contributed by atoms with Crippen LogP contribution in [0.15, 0.2) is 18.2 Å². The molecule has 0 fully saturated rings. The van der Waals surface area contributed by atoms with Crippen LogP contribution in [0.25, 0.3) is 0 Å². The minimum atomic E-state index is -0.456. The molecule has 4 nitrogen and oxygen atoms in total. The van der Waals surface area contributed by atoms with E-state index in [-0.39, 0.29) is 6.09 Å². The summed E-state index contributed by atoms with van der Waals surface area (Å²) in [4.78, 5) is 11.6.